The van der Waals surface area contributed by atoms with Gasteiger partial charge in [-0.15, -0.1) is 0 Å². The number of carbonyl (C=O) groups excluding carboxylic acids is 4. The molecule has 0 bridgehead atoms. The second kappa shape index (κ2) is 12.1. The molecular formula is C8H14CaN4O6. The molecule has 0 saturated heterocycles. The number of carboxylic acid groups (broad SMARTS) is 2. The maximum absolute atomic E-state index is 9.97. The van der Waals surface area contributed by atoms with Gasteiger partial charge in [-0.2, -0.15) is 0 Å². The first-order valence-electron chi connectivity index (χ1n) is 4.57. The van der Waals surface area contributed by atoms with Crippen LogP contribution in [0.1, 0.15) is 12.8 Å². The third kappa shape index (κ3) is 17.1. The van der Waals surface area contributed by atoms with Gasteiger partial charge in [-0.1, -0.05) is 0 Å². The summed E-state index contributed by atoms with van der Waals surface area (Å²) in [6.07, 6.45) is -0.745. The molecule has 2 atom stereocenters. The predicted molar refractivity (Wildman–Crippen MR) is 59.3 cm³/mol. The summed E-state index contributed by atoms with van der Waals surface area (Å²) in [5.74, 6) is -4.42. The van der Waals surface area contributed by atoms with Crippen molar-refractivity contribution < 1.29 is 29.4 Å². The molecule has 11 heteroatoms. The molecule has 0 heterocycles. The average molecular weight is 302 g/mol. The van der Waals surface area contributed by atoms with Crippen molar-refractivity contribution in [3.05, 3.63) is 0 Å². The summed E-state index contributed by atoms with van der Waals surface area (Å²) in [7, 11) is 0. The monoisotopic (exact) mass is 302 g/mol. The number of nitrogens with two attached hydrogens (primary N) is 4. The molecule has 0 aliphatic heterocycles. The van der Waals surface area contributed by atoms with Crippen molar-refractivity contribution in [1.29, 1.82) is 0 Å². The molecular weight excluding hydrogens is 288 g/mol. The van der Waals surface area contributed by atoms with Gasteiger partial charge in [0.25, 0.3) is 0 Å². The maximum Gasteiger partial charge on any atom is 2.00 e. The molecule has 0 aromatic heterocycles. The van der Waals surface area contributed by atoms with Crippen molar-refractivity contribution in [1.82, 2.24) is 0 Å². The first-order valence-corrected chi connectivity index (χ1v) is 4.57. The molecule has 104 valence electrons. The van der Waals surface area contributed by atoms with Crippen LogP contribution in [0.2, 0.25) is 0 Å². The summed E-state index contributed by atoms with van der Waals surface area (Å²) in [4.78, 5) is 39.5. The number of rotatable bonds is 6. The van der Waals surface area contributed by atoms with E-state index in [1.165, 1.54) is 0 Å². The molecule has 19 heavy (non-hydrogen) atoms. The number of amides is 2. The second-order valence-electron chi connectivity index (χ2n) is 3.19. The molecule has 0 spiro atoms. The molecule has 0 fully saturated rings. The standard InChI is InChI=1S/2C4H8N2O3.Ca/c2*5-2(4(8)9)1-3(6)7;/h2*2H,1,5H2,(H2,6,7)(H,8,9);/q;;+2/p-2. The number of hydrogen-bond donors (Lipinski definition) is 4. The van der Waals surface area contributed by atoms with Gasteiger partial charge in [-0.05, 0) is 0 Å². The van der Waals surface area contributed by atoms with Crippen LogP contribution in [0.25, 0.3) is 0 Å². The normalized spacial score (nSPS) is 11.9. The van der Waals surface area contributed by atoms with Gasteiger partial charge in [0.2, 0.25) is 11.8 Å². The Morgan fingerprint density at radius 1 is 0.789 bits per heavy atom. The van der Waals surface area contributed by atoms with Crippen LogP contribution in [-0.2, 0) is 19.2 Å². The Bertz CT molecular complexity index is 305. The summed E-state index contributed by atoms with van der Waals surface area (Å²) in [5.41, 5.74) is 19.0. The summed E-state index contributed by atoms with van der Waals surface area (Å²) in [6.45, 7) is 0. The van der Waals surface area contributed by atoms with Crippen LogP contribution in [0.5, 0.6) is 0 Å². The minimum absolute atomic E-state index is 0. The van der Waals surface area contributed by atoms with Crippen LogP contribution in [0, 0.1) is 0 Å². The van der Waals surface area contributed by atoms with Crippen molar-refractivity contribution in [3.8, 4) is 0 Å². The van der Waals surface area contributed by atoms with Crippen molar-refractivity contribution in [2.24, 2.45) is 22.9 Å². The van der Waals surface area contributed by atoms with E-state index in [1.54, 1.807) is 0 Å². The average Bonchev–Trinajstić information content (AvgIpc) is 2.16. The fourth-order valence-electron chi connectivity index (χ4n) is 0.600. The predicted octanol–water partition coefficient (Wildman–Crippen LogP) is -6.50. The Morgan fingerprint density at radius 2 is 1.00 bits per heavy atom. The van der Waals surface area contributed by atoms with E-state index in [0.29, 0.717) is 0 Å². The zero-order valence-electron chi connectivity index (χ0n) is 10.0. The molecule has 0 aliphatic rings. The van der Waals surface area contributed by atoms with E-state index in [-0.39, 0.29) is 50.6 Å². The van der Waals surface area contributed by atoms with Gasteiger partial charge in [-0.3, -0.25) is 9.59 Å². The first-order chi connectivity index (χ1) is 8.07. The van der Waals surface area contributed by atoms with Gasteiger partial charge in [0.1, 0.15) is 0 Å². The van der Waals surface area contributed by atoms with Crippen LogP contribution < -0.4 is 33.1 Å². The number of hydrogen-bond acceptors (Lipinski definition) is 8. The van der Waals surface area contributed by atoms with Crippen molar-refractivity contribution >= 4 is 61.5 Å². The molecule has 2 amide bonds. The van der Waals surface area contributed by atoms with Crippen LogP contribution in [0.3, 0.4) is 0 Å². The van der Waals surface area contributed by atoms with Crippen LogP contribution >= 0.6 is 0 Å². The van der Waals surface area contributed by atoms with Crippen LogP contribution in [-0.4, -0.2) is 73.6 Å². The summed E-state index contributed by atoms with van der Waals surface area (Å²) < 4.78 is 0. The van der Waals surface area contributed by atoms with Gasteiger partial charge in [0.05, 0.1) is 24.0 Å². The number of aliphatic carboxylic acids is 2. The zero-order chi connectivity index (χ0) is 14.9. The minimum atomic E-state index is -1.46. The van der Waals surface area contributed by atoms with E-state index in [2.05, 4.69) is 11.5 Å². The van der Waals surface area contributed by atoms with Gasteiger partial charge in [-0.25, -0.2) is 0 Å². The molecule has 0 radical (unpaired) electrons. The minimum Gasteiger partial charge on any atom is -0.548 e. The number of carbonyl (C=O) groups is 4. The Hall–Kier alpha value is -0.940. The quantitative estimate of drug-likeness (QED) is 0.344. The fraction of sp³-hybridized carbons (Fsp3) is 0.500. The Morgan fingerprint density at radius 3 is 1.05 bits per heavy atom. The molecule has 0 saturated carbocycles. The molecule has 10 nitrogen and oxygen atoms in total. The molecule has 2 unspecified atom stereocenters. The first kappa shape index (κ1) is 23.2. The van der Waals surface area contributed by atoms with E-state index in [0.717, 1.165) is 0 Å². The maximum atomic E-state index is 9.97. The fourth-order valence-corrected chi connectivity index (χ4v) is 0.600. The van der Waals surface area contributed by atoms with E-state index in [9.17, 15) is 29.4 Å². The molecule has 0 rings (SSSR count). The van der Waals surface area contributed by atoms with Crippen molar-refractivity contribution in [2.75, 3.05) is 0 Å². The zero-order valence-corrected chi connectivity index (χ0v) is 12.2. The smallest absolute Gasteiger partial charge is 0.548 e. The van der Waals surface area contributed by atoms with E-state index in [1.807, 2.05) is 0 Å². The summed E-state index contributed by atoms with van der Waals surface area (Å²) in [6, 6.07) is -2.55. The van der Waals surface area contributed by atoms with E-state index >= 15 is 0 Å². The third-order valence-corrected chi connectivity index (χ3v) is 1.45. The summed E-state index contributed by atoms with van der Waals surface area (Å²) in [5, 5.41) is 19.6. The Balaban J connectivity index is -0.000000256. The van der Waals surface area contributed by atoms with E-state index in [4.69, 9.17) is 11.5 Å². The van der Waals surface area contributed by atoms with Crippen LogP contribution in [0.4, 0.5) is 0 Å². The van der Waals surface area contributed by atoms with Crippen LogP contribution in [0.15, 0.2) is 0 Å². The van der Waals surface area contributed by atoms with Crippen molar-refractivity contribution in [3.63, 3.8) is 0 Å². The SMILES string of the molecule is NC(=O)CC(N)C(=O)[O-].NC(=O)CC(N)C(=O)[O-].[Ca+2]. The Kier molecular flexibility index (Phi) is 14.8. The number of primary amides is 2. The number of carboxylic acids is 2. The largest absolute Gasteiger partial charge is 2.00 e. The third-order valence-electron chi connectivity index (χ3n) is 1.45. The van der Waals surface area contributed by atoms with Gasteiger partial charge in [0, 0.05) is 12.8 Å². The molecule has 0 aromatic rings. The molecule has 0 aliphatic carbocycles. The molecule has 8 N–H and O–H groups in total. The summed E-state index contributed by atoms with van der Waals surface area (Å²) >= 11 is 0. The van der Waals surface area contributed by atoms with Gasteiger partial charge < -0.3 is 42.7 Å². The second-order valence-corrected chi connectivity index (χ2v) is 3.19. The van der Waals surface area contributed by atoms with Gasteiger partial charge in [0.15, 0.2) is 0 Å². The van der Waals surface area contributed by atoms with Crippen molar-refractivity contribution in [2.45, 2.75) is 24.9 Å². The van der Waals surface area contributed by atoms with Gasteiger partial charge >= 0.3 is 37.7 Å². The Labute approximate surface area is 138 Å². The topological polar surface area (TPSA) is 218 Å². The van der Waals surface area contributed by atoms with E-state index < -0.39 is 35.8 Å². The molecule has 0 aromatic carbocycles.